The number of benzene rings is 1. The summed E-state index contributed by atoms with van der Waals surface area (Å²) in [6.07, 6.45) is 2.13. The molecule has 82 valence electrons. The monoisotopic (exact) mass is 231 g/mol. The molecule has 1 aliphatic rings. The first kappa shape index (κ1) is 9.93. The fourth-order valence-corrected chi connectivity index (χ4v) is 2.93. The number of nitrogens with two attached hydrogens (primary N) is 1. The lowest BCUT2D eigenvalue weighted by Crippen LogP contribution is -1.98. The minimum atomic E-state index is 0.561. The highest BCUT2D eigenvalue weighted by atomic mass is 32.2. The van der Waals surface area contributed by atoms with Crippen molar-refractivity contribution >= 4 is 11.8 Å². The van der Waals surface area contributed by atoms with E-state index in [2.05, 4.69) is 27.9 Å². The molecule has 0 radical (unpaired) electrons. The molecule has 0 fully saturated rings. The maximum atomic E-state index is 5.74. The molecule has 0 unspecified atom stereocenters. The van der Waals surface area contributed by atoms with E-state index in [1.165, 1.54) is 0 Å². The largest absolute Gasteiger partial charge is 0.326 e. The summed E-state index contributed by atoms with van der Waals surface area (Å²) in [7, 11) is 0. The fourth-order valence-electron chi connectivity index (χ4n) is 1.99. The fraction of sp³-hybridized carbons (Fsp3) is 0.250. The van der Waals surface area contributed by atoms with Gasteiger partial charge in [0.2, 0.25) is 0 Å². The third-order valence-corrected chi connectivity index (χ3v) is 3.79. The van der Waals surface area contributed by atoms with Gasteiger partial charge in [-0.2, -0.15) is 0 Å². The van der Waals surface area contributed by atoms with Crippen molar-refractivity contribution in [3.63, 3.8) is 0 Å². The van der Waals surface area contributed by atoms with Crippen molar-refractivity contribution < 1.29 is 0 Å². The van der Waals surface area contributed by atoms with E-state index in [-0.39, 0.29) is 0 Å². The first-order valence-electron chi connectivity index (χ1n) is 5.37. The van der Waals surface area contributed by atoms with E-state index in [0.29, 0.717) is 6.54 Å². The molecule has 16 heavy (non-hydrogen) atoms. The molecule has 0 saturated heterocycles. The Morgan fingerprint density at radius 3 is 3.06 bits per heavy atom. The van der Waals surface area contributed by atoms with Crippen LogP contribution in [0.3, 0.4) is 0 Å². The van der Waals surface area contributed by atoms with Gasteiger partial charge >= 0.3 is 0 Å². The van der Waals surface area contributed by atoms with Crippen molar-refractivity contribution in [3.05, 3.63) is 36.0 Å². The Bertz CT molecular complexity index is 497. The van der Waals surface area contributed by atoms with Crippen LogP contribution in [0.1, 0.15) is 5.56 Å². The highest BCUT2D eigenvalue weighted by Gasteiger charge is 2.16. The Labute approximate surface area is 98.7 Å². The highest BCUT2D eigenvalue weighted by molar-refractivity contribution is 7.99. The molecule has 3 nitrogen and oxygen atoms in total. The van der Waals surface area contributed by atoms with Crippen LogP contribution in [-0.2, 0) is 13.1 Å². The van der Waals surface area contributed by atoms with E-state index >= 15 is 0 Å². The maximum absolute atomic E-state index is 5.74. The van der Waals surface area contributed by atoms with E-state index in [4.69, 9.17) is 5.73 Å². The summed E-state index contributed by atoms with van der Waals surface area (Å²) in [6, 6.07) is 8.20. The molecule has 4 heteroatoms. The molecule has 2 heterocycles. The highest BCUT2D eigenvalue weighted by Crippen LogP contribution is 2.30. The maximum Gasteiger partial charge on any atom is 0.168 e. The van der Waals surface area contributed by atoms with Gasteiger partial charge in [0.25, 0.3) is 0 Å². The second-order valence-electron chi connectivity index (χ2n) is 3.81. The molecule has 0 bridgehead atoms. The molecule has 3 rings (SSSR count). The van der Waals surface area contributed by atoms with Crippen LogP contribution < -0.4 is 5.73 Å². The van der Waals surface area contributed by atoms with Crippen molar-refractivity contribution in [2.45, 2.75) is 18.2 Å². The third kappa shape index (κ3) is 1.54. The number of nitrogens with zero attached hydrogens (tertiary/aromatic N) is 2. The van der Waals surface area contributed by atoms with Gasteiger partial charge in [0.1, 0.15) is 0 Å². The predicted octanol–water partition coefficient (Wildman–Crippen LogP) is 2.11. The van der Waals surface area contributed by atoms with Crippen molar-refractivity contribution in [3.8, 4) is 11.3 Å². The Morgan fingerprint density at radius 2 is 2.25 bits per heavy atom. The van der Waals surface area contributed by atoms with Crippen LogP contribution in [-0.4, -0.2) is 15.3 Å². The summed E-state index contributed by atoms with van der Waals surface area (Å²) in [6.45, 7) is 1.63. The van der Waals surface area contributed by atoms with E-state index in [1.807, 2.05) is 23.9 Å². The lowest BCUT2D eigenvalue weighted by atomic mass is 10.1. The van der Waals surface area contributed by atoms with Crippen molar-refractivity contribution in [1.29, 1.82) is 0 Å². The zero-order chi connectivity index (χ0) is 11.0. The quantitative estimate of drug-likeness (QED) is 0.861. The molecule has 0 amide bonds. The number of aromatic nitrogens is 2. The van der Waals surface area contributed by atoms with Gasteiger partial charge in [0.15, 0.2) is 5.16 Å². The minimum Gasteiger partial charge on any atom is -0.326 e. The molecule has 2 aromatic rings. The second kappa shape index (κ2) is 3.96. The van der Waals surface area contributed by atoms with Crippen LogP contribution in [0.15, 0.2) is 35.6 Å². The smallest absolute Gasteiger partial charge is 0.168 e. The Hall–Kier alpha value is -1.26. The van der Waals surface area contributed by atoms with Crippen LogP contribution in [0.5, 0.6) is 0 Å². The number of thioether (sulfide) groups is 1. The number of hydrogen-bond acceptors (Lipinski definition) is 3. The van der Waals surface area contributed by atoms with Crippen molar-refractivity contribution in [1.82, 2.24) is 9.55 Å². The second-order valence-corrected chi connectivity index (χ2v) is 4.87. The van der Waals surface area contributed by atoms with E-state index < -0.39 is 0 Å². The Morgan fingerprint density at radius 1 is 1.38 bits per heavy atom. The van der Waals surface area contributed by atoms with Crippen molar-refractivity contribution in [2.24, 2.45) is 5.73 Å². The molecular weight excluding hydrogens is 218 g/mol. The number of fused-ring (bicyclic) bond motifs is 1. The standard InChI is InChI=1S/C12H13N3S/c13-7-9-3-1-2-4-10(9)11-8-15-5-6-16-12(15)14-11/h1-4,8H,5-7,13H2. The van der Waals surface area contributed by atoms with Gasteiger partial charge < -0.3 is 10.3 Å². The number of hydrogen-bond donors (Lipinski definition) is 1. The topological polar surface area (TPSA) is 43.8 Å². The van der Waals surface area contributed by atoms with Crippen molar-refractivity contribution in [2.75, 3.05) is 5.75 Å². The Kier molecular flexibility index (Phi) is 2.46. The zero-order valence-electron chi connectivity index (χ0n) is 8.89. The SMILES string of the molecule is NCc1ccccc1-c1cn2c(n1)SCC2. The van der Waals surface area contributed by atoms with Crippen LogP contribution >= 0.6 is 11.8 Å². The summed E-state index contributed by atoms with van der Waals surface area (Å²) in [5.74, 6) is 1.14. The molecule has 0 spiro atoms. The predicted molar refractivity (Wildman–Crippen MR) is 66.3 cm³/mol. The number of rotatable bonds is 2. The summed E-state index contributed by atoms with van der Waals surface area (Å²) in [4.78, 5) is 4.64. The molecule has 0 aliphatic carbocycles. The summed E-state index contributed by atoms with van der Waals surface area (Å²) < 4.78 is 2.22. The first-order valence-corrected chi connectivity index (χ1v) is 6.35. The summed E-state index contributed by atoms with van der Waals surface area (Å²) in [5.41, 5.74) is 9.10. The summed E-state index contributed by atoms with van der Waals surface area (Å²) in [5, 5.41) is 1.13. The molecule has 0 atom stereocenters. The van der Waals surface area contributed by atoms with Crippen LogP contribution in [0.2, 0.25) is 0 Å². The van der Waals surface area contributed by atoms with Gasteiger partial charge in [-0.05, 0) is 5.56 Å². The van der Waals surface area contributed by atoms with Gasteiger partial charge in [-0.1, -0.05) is 36.0 Å². The normalized spacial score (nSPS) is 14.1. The van der Waals surface area contributed by atoms with Gasteiger partial charge in [0, 0.05) is 30.6 Å². The number of aryl methyl sites for hydroxylation is 1. The molecule has 2 N–H and O–H groups in total. The van der Waals surface area contributed by atoms with Crippen LogP contribution in [0.25, 0.3) is 11.3 Å². The van der Waals surface area contributed by atoms with Gasteiger partial charge in [-0.3, -0.25) is 0 Å². The average Bonchev–Trinajstić information content (AvgIpc) is 2.89. The van der Waals surface area contributed by atoms with E-state index in [1.54, 1.807) is 0 Å². The molecule has 1 aromatic heterocycles. The molecular formula is C12H13N3S. The third-order valence-electron chi connectivity index (χ3n) is 2.82. The van der Waals surface area contributed by atoms with E-state index in [9.17, 15) is 0 Å². The number of imidazole rings is 1. The zero-order valence-corrected chi connectivity index (χ0v) is 9.70. The average molecular weight is 231 g/mol. The van der Waals surface area contributed by atoms with Crippen LogP contribution in [0.4, 0.5) is 0 Å². The van der Waals surface area contributed by atoms with E-state index in [0.717, 1.165) is 34.3 Å². The first-order chi connectivity index (χ1) is 7.88. The van der Waals surface area contributed by atoms with Gasteiger partial charge in [-0.15, -0.1) is 0 Å². The summed E-state index contributed by atoms with van der Waals surface area (Å²) >= 11 is 1.82. The lowest BCUT2D eigenvalue weighted by molar-refractivity contribution is 0.719. The molecule has 1 aliphatic heterocycles. The lowest BCUT2D eigenvalue weighted by Gasteiger charge is -2.03. The van der Waals surface area contributed by atoms with Crippen LogP contribution in [0, 0.1) is 0 Å². The molecule has 0 saturated carbocycles. The van der Waals surface area contributed by atoms with Gasteiger partial charge in [-0.25, -0.2) is 4.98 Å². The Balaban J connectivity index is 2.08. The molecule has 1 aromatic carbocycles. The minimum absolute atomic E-state index is 0.561. The van der Waals surface area contributed by atoms with Gasteiger partial charge in [0.05, 0.1) is 5.69 Å².